The second-order valence-corrected chi connectivity index (χ2v) is 9.00. The first-order valence-electron chi connectivity index (χ1n) is 11.6. The van der Waals surface area contributed by atoms with Crippen molar-refractivity contribution in [3.05, 3.63) is 65.5 Å². The number of carbonyl (C=O) groups is 2. The summed E-state index contributed by atoms with van der Waals surface area (Å²) in [6.45, 7) is 2.95. The Bertz CT molecular complexity index is 1260. The van der Waals surface area contributed by atoms with Gasteiger partial charge >= 0.3 is 5.97 Å². The molecule has 0 aliphatic carbocycles. The molecule has 5 rings (SSSR count). The highest BCUT2D eigenvalue weighted by Crippen LogP contribution is 2.38. The van der Waals surface area contributed by atoms with E-state index < -0.39 is 23.5 Å². The van der Waals surface area contributed by atoms with Crippen molar-refractivity contribution >= 4 is 23.1 Å². The van der Waals surface area contributed by atoms with Crippen LogP contribution in [0, 0.1) is 17.6 Å². The second kappa shape index (κ2) is 8.70. The fourth-order valence-electron chi connectivity index (χ4n) is 5.54. The Hall–Kier alpha value is -3.49. The van der Waals surface area contributed by atoms with E-state index in [1.807, 2.05) is 24.0 Å². The second-order valence-electron chi connectivity index (χ2n) is 9.00. The third-order valence-corrected chi connectivity index (χ3v) is 7.18. The van der Waals surface area contributed by atoms with Crippen LogP contribution in [0.2, 0.25) is 0 Å². The third-order valence-electron chi connectivity index (χ3n) is 7.18. The van der Waals surface area contributed by atoms with Gasteiger partial charge in [-0.3, -0.25) is 9.59 Å². The first-order valence-corrected chi connectivity index (χ1v) is 11.6. The number of carbonyl (C=O) groups excluding carboxylic acids is 1. The van der Waals surface area contributed by atoms with Crippen LogP contribution in [-0.4, -0.2) is 50.6 Å². The summed E-state index contributed by atoms with van der Waals surface area (Å²) in [5, 5.41) is 13.8. The quantitative estimate of drug-likeness (QED) is 0.605. The molecule has 2 aliphatic rings. The van der Waals surface area contributed by atoms with Crippen LogP contribution in [0.15, 0.2) is 42.7 Å². The summed E-state index contributed by atoms with van der Waals surface area (Å²) in [4.78, 5) is 28.7. The van der Waals surface area contributed by atoms with Crippen LogP contribution in [0.4, 0.5) is 14.5 Å². The first-order chi connectivity index (χ1) is 16.4. The molecule has 178 valence electrons. The number of hydrogen-bond donors (Lipinski definition) is 1. The minimum Gasteiger partial charge on any atom is -0.481 e. The third kappa shape index (κ3) is 3.69. The number of halogens is 2. The Morgan fingerprint density at radius 1 is 1.15 bits per heavy atom. The number of pyridine rings is 1. The molecule has 3 atom stereocenters. The van der Waals surface area contributed by atoms with Crippen LogP contribution < -0.4 is 4.90 Å². The van der Waals surface area contributed by atoms with Crippen molar-refractivity contribution in [2.75, 3.05) is 18.0 Å². The number of amides is 1. The SMILES string of the molecule is CCC1C(C(=O)O)CCN1C(=O)c1cnn2ccc(N3CCCC3c3cc(F)ccc3F)cc12. The van der Waals surface area contributed by atoms with Crippen LogP contribution in [0.25, 0.3) is 5.52 Å². The van der Waals surface area contributed by atoms with Gasteiger partial charge in [0.1, 0.15) is 11.6 Å². The van der Waals surface area contributed by atoms with E-state index in [2.05, 4.69) is 5.10 Å². The maximum absolute atomic E-state index is 14.5. The molecule has 2 aliphatic heterocycles. The van der Waals surface area contributed by atoms with Crippen molar-refractivity contribution in [1.82, 2.24) is 14.5 Å². The summed E-state index contributed by atoms with van der Waals surface area (Å²) in [5.41, 5.74) is 2.12. The van der Waals surface area contributed by atoms with Crippen LogP contribution in [0.1, 0.15) is 54.6 Å². The Labute approximate surface area is 195 Å². The smallest absolute Gasteiger partial charge is 0.308 e. The molecule has 1 amide bonds. The molecule has 2 saturated heterocycles. The van der Waals surface area contributed by atoms with Crippen molar-refractivity contribution in [1.29, 1.82) is 0 Å². The maximum atomic E-state index is 14.5. The van der Waals surface area contributed by atoms with Gasteiger partial charge in [-0.2, -0.15) is 5.10 Å². The van der Waals surface area contributed by atoms with Crippen molar-refractivity contribution < 1.29 is 23.5 Å². The van der Waals surface area contributed by atoms with Gasteiger partial charge < -0.3 is 14.9 Å². The molecular weight excluding hydrogens is 442 g/mol. The van der Waals surface area contributed by atoms with Gasteiger partial charge in [-0.15, -0.1) is 0 Å². The van der Waals surface area contributed by atoms with E-state index in [1.54, 1.807) is 15.6 Å². The van der Waals surface area contributed by atoms with Crippen LogP contribution in [0.5, 0.6) is 0 Å². The van der Waals surface area contributed by atoms with Crippen molar-refractivity contribution in [3.8, 4) is 0 Å². The predicted molar refractivity (Wildman–Crippen MR) is 122 cm³/mol. The highest BCUT2D eigenvalue weighted by molar-refractivity contribution is 6.01. The lowest BCUT2D eigenvalue weighted by Gasteiger charge is -2.28. The number of carboxylic acids is 1. The van der Waals surface area contributed by atoms with E-state index in [0.29, 0.717) is 49.0 Å². The molecule has 2 fully saturated rings. The summed E-state index contributed by atoms with van der Waals surface area (Å²) in [7, 11) is 0. The zero-order chi connectivity index (χ0) is 24.0. The molecule has 9 heteroatoms. The van der Waals surface area contributed by atoms with Crippen LogP contribution >= 0.6 is 0 Å². The Kier molecular flexibility index (Phi) is 5.71. The monoisotopic (exact) mass is 468 g/mol. The molecule has 0 saturated carbocycles. The van der Waals surface area contributed by atoms with Crippen LogP contribution in [-0.2, 0) is 4.79 Å². The summed E-state index contributed by atoms with van der Waals surface area (Å²) in [5.74, 6) is -2.60. The topological polar surface area (TPSA) is 78.1 Å². The number of hydrogen-bond acceptors (Lipinski definition) is 4. The van der Waals surface area contributed by atoms with Crippen molar-refractivity contribution in [2.45, 2.75) is 44.7 Å². The lowest BCUT2D eigenvalue weighted by molar-refractivity contribution is -0.142. The molecule has 34 heavy (non-hydrogen) atoms. The zero-order valence-electron chi connectivity index (χ0n) is 18.8. The maximum Gasteiger partial charge on any atom is 0.308 e. The minimum absolute atomic E-state index is 0.239. The largest absolute Gasteiger partial charge is 0.481 e. The van der Waals surface area contributed by atoms with E-state index in [0.717, 1.165) is 24.2 Å². The normalized spacial score (nSPS) is 22.6. The molecule has 3 aromatic rings. The van der Waals surface area contributed by atoms with E-state index in [9.17, 15) is 23.5 Å². The van der Waals surface area contributed by atoms with Gasteiger partial charge in [0.2, 0.25) is 0 Å². The van der Waals surface area contributed by atoms with E-state index in [4.69, 9.17) is 0 Å². The number of nitrogens with zero attached hydrogens (tertiary/aromatic N) is 4. The highest BCUT2D eigenvalue weighted by atomic mass is 19.1. The first kappa shape index (κ1) is 22.3. The van der Waals surface area contributed by atoms with Crippen LogP contribution in [0.3, 0.4) is 0 Å². The van der Waals surface area contributed by atoms with Crippen molar-refractivity contribution in [3.63, 3.8) is 0 Å². The average molecular weight is 469 g/mol. The van der Waals surface area contributed by atoms with E-state index in [-0.39, 0.29) is 18.0 Å². The number of aliphatic carboxylic acids is 1. The Morgan fingerprint density at radius 2 is 1.97 bits per heavy atom. The van der Waals surface area contributed by atoms with E-state index >= 15 is 0 Å². The van der Waals surface area contributed by atoms with Gasteiger partial charge in [-0.1, -0.05) is 6.92 Å². The number of benzene rings is 1. The number of fused-ring (bicyclic) bond motifs is 1. The lowest BCUT2D eigenvalue weighted by Crippen LogP contribution is -2.39. The molecule has 4 heterocycles. The molecule has 3 unspecified atom stereocenters. The molecule has 7 nitrogen and oxygen atoms in total. The van der Waals surface area contributed by atoms with Crippen molar-refractivity contribution in [2.24, 2.45) is 5.92 Å². The number of rotatable bonds is 5. The minimum atomic E-state index is -0.881. The molecular formula is C25H26F2N4O3. The summed E-state index contributed by atoms with van der Waals surface area (Å²) < 4.78 is 30.0. The number of aromatic nitrogens is 2. The Balaban J connectivity index is 1.48. The molecule has 0 bridgehead atoms. The molecule has 2 aromatic heterocycles. The van der Waals surface area contributed by atoms with Gasteiger partial charge in [0.05, 0.1) is 29.2 Å². The van der Waals surface area contributed by atoms with Gasteiger partial charge in [0.15, 0.2) is 0 Å². The highest BCUT2D eigenvalue weighted by Gasteiger charge is 2.41. The lowest BCUT2D eigenvalue weighted by atomic mass is 9.98. The van der Waals surface area contributed by atoms with Gasteiger partial charge in [0, 0.05) is 36.6 Å². The van der Waals surface area contributed by atoms with Gasteiger partial charge in [0.25, 0.3) is 5.91 Å². The molecule has 1 aromatic carbocycles. The summed E-state index contributed by atoms with van der Waals surface area (Å²) in [6, 6.07) is 6.56. The fraction of sp³-hybridized carbons (Fsp3) is 0.400. The van der Waals surface area contributed by atoms with Gasteiger partial charge in [-0.05, 0) is 56.0 Å². The standard InChI is InChI=1S/C25H26F2N4O3/c1-2-21-17(25(33)34)8-10-30(21)24(32)19-14-28-31-11-7-16(13-23(19)31)29-9-3-4-22(29)18-12-15(26)5-6-20(18)27/h5-7,11-14,17,21-22H,2-4,8-10H2,1H3,(H,33,34). The molecule has 1 N–H and O–H groups in total. The number of anilines is 1. The Morgan fingerprint density at radius 3 is 2.74 bits per heavy atom. The van der Waals surface area contributed by atoms with E-state index in [1.165, 1.54) is 12.3 Å². The predicted octanol–water partition coefficient (Wildman–Crippen LogP) is 4.28. The molecule has 0 radical (unpaired) electrons. The zero-order valence-corrected chi connectivity index (χ0v) is 18.8. The number of carboxylic acid groups (broad SMARTS) is 1. The summed E-state index contributed by atoms with van der Waals surface area (Å²) >= 11 is 0. The van der Waals surface area contributed by atoms with Gasteiger partial charge in [-0.25, -0.2) is 13.3 Å². The number of likely N-dealkylation sites (tertiary alicyclic amines) is 1. The fourth-order valence-corrected chi connectivity index (χ4v) is 5.54. The summed E-state index contributed by atoms with van der Waals surface area (Å²) in [6.07, 6.45) is 5.77. The molecule has 0 spiro atoms. The average Bonchev–Trinajstić information content (AvgIpc) is 3.57.